The van der Waals surface area contributed by atoms with Crippen LogP contribution in [0.25, 0.3) is 11.4 Å². The molecular weight excluding hydrogens is 421 g/mol. The number of piperazine rings is 1. The molecule has 0 atom stereocenters. The first-order chi connectivity index (χ1) is 14.7. The van der Waals surface area contributed by atoms with E-state index in [9.17, 15) is 27.6 Å². The van der Waals surface area contributed by atoms with Crippen molar-refractivity contribution in [2.45, 2.75) is 19.0 Å². The zero-order valence-corrected chi connectivity index (χ0v) is 16.1. The molecule has 0 aliphatic carbocycles. The number of hydrogen-bond acceptors (Lipinski definition) is 8. The summed E-state index contributed by atoms with van der Waals surface area (Å²) in [5, 5.41) is 3.32. The molecule has 3 amide bonds. The fourth-order valence-electron chi connectivity index (χ4n) is 3.38. The van der Waals surface area contributed by atoms with E-state index in [4.69, 9.17) is 0 Å². The number of imide groups is 1. The highest BCUT2D eigenvalue weighted by atomic mass is 19.4. The Balaban J connectivity index is 1.34. The van der Waals surface area contributed by atoms with E-state index in [1.54, 1.807) is 11.0 Å². The summed E-state index contributed by atoms with van der Waals surface area (Å²) >= 11 is 0. The summed E-state index contributed by atoms with van der Waals surface area (Å²) < 4.78 is 42.0. The Kier molecular flexibility index (Phi) is 5.33. The number of pyridine rings is 1. The molecule has 2 aromatic rings. The van der Waals surface area contributed by atoms with E-state index in [1.165, 1.54) is 12.3 Å². The molecule has 2 aliphatic heterocycles. The Morgan fingerprint density at radius 1 is 1.06 bits per heavy atom. The number of hydrogen-bond donors (Lipinski definition) is 0. The largest absolute Gasteiger partial charge is 0.471 e. The van der Waals surface area contributed by atoms with E-state index in [0.29, 0.717) is 32.0 Å². The van der Waals surface area contributed by atoms with Gasteiger partial charge in [-0.3, -0.25) is 19.3 Å². The van der Waals surface area contributed by atoms with Crippen LogP contribution >= 0.6 is 0 Å². The Morgan fingerprint density at radius 3 is 2.29 bits per heavy atom. The van der Waals surface area contributed by atoms with Gasteiger partial charge in [-0.2, -0.15) is 18.2 Å². The van der Waals surface area contributed by atoms with E-state index in [1.807, 2.05) is 4.90 Å². The quantitative estimate of drug-likeness (QED) is 0.649. The number of nitrogens with zero attached hydrogens (tertiary/aromatic N) is 6. The number of amides is 3. The third-order valence-corrected chi connectivity index (χ3v) is 5.08. The van der Waals surface area contributed by atoms with Crippen molar-refractivity contribution in [3.05, 3.63) is 24.2 Å². The predicted octanol–water partition coefficient (Wildman–Crippen LogP) is 0.948. The lowest BCUT2D eigenvalue weighted by Gasteiger charge is -2.36. The molecule has 13 heteroatoms. The molecule has 0 aromatic carbocycles. The molecule has 31 heavy (non-hydrogen) atoms. The van der Waals surface area contributed by atoms with Gasteiger partial charge in [0.15, 0.2) is 0 Å². The van der Waals surface area contributed by atoms with Crippen LogP contribution < -0.4 is 4.90 Å². The molecule has 2 fully saturated rings. The van der Waals surface area contributed by atoms with Crippen LogP contribution in [0.4, 0.5) is 19.0 Å². The number of anilines is 1. The van der Waals surface area contributed by atoms with E-state index in [-0.39, 0.29) is 48.5 Å². The smallest absolute Gasteiger partial charge is 0.353 e. The number of carbonyl (C=O) groups excluding carboxylic acids is 3. The number of alkyl halides is 3. The highest BCUT2D eigenvalue weighted by molar-refractivity contribution is 6.04. The SMILES string of the molecule is O=C(CN1C(=O)CCC1=O)N1CCN(c2ccc(-c3noc(C(F)(F)F)n3)cn2)CC1. The molecule has 4 rings (SSSR count). The van der Waals surface area contributed by atoms with Crippen LogP contribution in [0.1, 0.15) is 18.7 Å². The maximum atomic E-state index is 12.6. The maximum Gasteiger partial charge on any atom is 0.471 e. The Labute approximate surface area is 173 Å². The lowest BCUT2D eigenvalue weighted by Crippen LogP contribution is -2.52. The van der Waals surface area contributed by atoms with Crippen LogP contribution in [0.5, 0.6) is 0 Å². The minimum atomic E-state index is -4.72. The lowest BCUT2D eigenvalue weighted by atomic mass is 10.2. The number of likely N-dealkylation sites (tertiary alicyclic amines) is 1. The average Bonchev–Trinajstić information content (AvgIpc) is 3.37. The third-order valence-electron chi connectivity index (χ3n) is 5.08. The van der Waals surface area contributed by atoms with Gasteiger partial charge in [0.2, 0.25) is 23.5 Å². The molecule has 0 spiro atoms. The Hall–Kier alpha value is -3.51. The van der Waals surface area contributed by atoms with Gasteiger partial charge in [0.05, 0.1) is 0 Å². The Bertz CT molecular complexity index is 982. The van der Waals surface area contributed by atoms with Gasteiger partial charge < -0.3 is 14.3 Å². The first-order valence-corrected chi connectivity index (χ1v) is 9.45. The van der Waals surface area contributed by atoms with Gasteiger partial charge in [-0.1, -0.05) is 5.16 Å². The second kappa shape index (κ2) is 7.96. The van der Waals surface area contributed by atoms with Gasteiger partial charge in [-0.05, 0) is 12.1 Å². The summed E-state index contributed by atoms with van der Waals surface area (Å²) in [4.78, 5) is 47.8. The van der Waals surface area contributed by atoms with E-state index < -0.39 is 12.1 Å². The van der Waals surface area contributed by atoms with Crippen molar-refractivity contribution in [3.63, 3.8) is 0 Å². The van der Waals surface area contributed by atoms with Crippen molar-refractivity contribution in [2.75, 3.05) is 37.6 Å². The topological polar surface area (TPSA) is 113 Å². The zero-order chi connectivity index (χ0) is 22.2. The molecule has 0 saturated carbocycles. The van der Waals surface area contributed by atoms with Gasteiger partial charge >= 0.3 is 12.1 Å². The highest BCUT2D eigenvalue weighted by Crippen LogP contribution is 2.29. The first kappa shape index (κ1) is 20.8. The fourth-order valence-corrected chi connectivity index (χ4v) is 3.38. The van der Waals surface area contributed by atoms with Crippen LogP contribution in [0.3, 0.4) is 0 Å². The van der Waals surface area contributed by atoms with Crippen molar-refractivity contribution in [1.82, 2.24) is 24.9 Å². The summed E-state index contributed by atoms with van der Waals surface area (Å²) in [5.41, 5.74) is 0.275. The Morgan fingerprint density at radius 2 is 1.74 bits per heavy atom. The maximum absolute atomic E-state index is 12.6. The molecule has 0 N–H and O–H groups in total. The molecule has 2 aliphatic rings. The second-order valence-corrected chi connectivity index (χ2v) is 7.07. The molecule has 2 saturated heterocycles. The number of halogens is 3. The van der Waals surface area contributed by atoms with Crippen LogP contribution in [-0.2, 0) is 20.6 Å². The minimum Gasteiger partial charge on any atom is -0.353 e. The third kappa shape index (κ3) is 4.34. The molecule has 2 aromatic heterocycles. The average molecular weight is 438 g/mol. The fraction of sp³-hybridized carbons (Fsp3) is 0.444. The van der Waals surface area contributed by atoms with E-state index in [0.717, 1.165) is 4.90 Å². The summed E-state index contributed by atoms with van der Waals surface area (Å²) in [5.74, 6) is -2.00. The van der Waals surface area contributed by atoms with Crippen LogP contribution in [0.15, 0.2) is 22.9 Å². The second-order valence-electron chi connectivity index (χ2n) is 7.07. The van der Waals surface area contributed by atoms with Gasteiger partial charge in [0, 0.05) is 50.8 Å². The van der Waals surface area contributed by atoms with Crippen LogP contribution in [-0.4, -0.2) is 75.4 Å². The number of aromatic nitrogens is 3. The molecule has 10 nitrogen and oxygen atoms in total. The lowest BCUT2D eigenvalue weighted by molar-refractivity contribution is -0.159. The number of rotatable bonds is 4. The first-order valence-electron chi connectivity index (χ1n) is 9.45. The molecule has 0 unspecified atom stereocenters. The molecule has 0 radical (unpaired) electrons. The van der Waals surface area contributed by atoms with Crippen molar-refractivity contribution < 1.29 is 32.1 Å². The van der Waals surface area contributed by atoms with Gasteiger partial charge in [-0.15, -0.1) is 0 Å². The standard InChI is InChI=1S/C18H17F3N6O4/c19-18(20,21)17-23-16(24-31-17)11-1-2-12(22-9-11)25-5-7-26(8-6-25)15(30)10-27-13(28)3-4-14(27)29/h1-2,9H,3-8,10H2. The van der Waals surface area contributed by atoms with E-state index >= 15 is 0 Å². The molecule has 0 bridgehead atoms. The van der Waals surface area contributed by atoms with Crippen LogP contribution in [0, 0.1) is 0 Å². The van der Waals surface area contributed by atoms with Crippen molar-refractivity contribution >= 4 is 23.5 Å². The van der Waals surface area contributed by atoms with Crippen molar-refractivity contribution in [2.24, 2.45) is 0 Å². The summed E-state index contributed by atoms with van der Waals surface area (Å²) in [6, 6.07) is 3.16. The minimum absolute atomic E-state index is 0.142. The highest BCUT2D eigenvalue weighted by Gasteiger charge is 2.38. The van der Waals surface area contributed by atoms with Crippen molar-refractivity contribution in [1.29, 1.82) is 0 Å². The van der Waals surface area contributed by atoms with E-state index in [2.05, 4.69) is 19.6 Å². The van der Waals surface area contributed by atoms with Gasteiger partial charge in [-0.25, -0.2) is 4.98 Å². The molecular formula is C18H17F3N6O4. The van der Waals surface area contributed by atoms with Gasteiger partial charge in [0.25, 0.3) is 0 Å². The monoisotopic (exact) mass is 438 g/mol. The summed E-state index contributed by atoms with van der Waals surface area (Å²) in [6.07, 6.45) is -3.08. The zero-order valence-electron chi connectivity index (χ0n) is 16.1. The van der Waals surface area contributed by atoms with Crippen LogP contribution in [0.2, 0.25) is 0 Å². The molecule has 4 heterocycles. The normalized spacial score (nSPS) is 17.6. The summed E-state index contributed by atoms with van der Waals surface area (Å²) in [6.45, 7) is 1.48. The molecule has 164 valence electrons. The van der Waals surface area contributed by atoms with Crippen molar-refractivity contribution in [3.8, 4) is 11.4 Å². The summed E-state index contributed by atoms with van der Waals surface area (Å²) in [7, 11) is 0. The predicted molar refractivity (Wildman–Crippen MR) is 97.3 cm³/mol. The van der Waals surface area contributed by atoms with Gasteiger partial charge in [0.1, 0.15) is 12.4 Å². The number of carbonyl (C=O) groups is 3.